The molecule has 3 rings (SSSR count). The van der Waals surface area contributed by atoms with Crippen molar-refractivity contribution in [1.29, 1.82) is 0 Å². The highest BCUT2D eigenvalue weighted by molar-refractivity contribution is 7.92. The second kappa shape index (κ2) is 13.3. The molecule has 8 nitrogen and oxygen atoms in total. The summed E-state index contributed by atoms with van der Waals surface area (Å²) in [7, 11) is -2.59. The van der Waals surface area contributed by atoms with Crippen molar-refractivity contribution in [3.05, 3.63) is 89.4 Å². The Morgan fingerprint density at radius 3 is 2.32 bits per heavy atom. The molecule has 2 amide bonds. The molecule has 0 aliphatic rings. The van der Waals surface area contributed by atoms with E-state index in [1.807, 2.05) is 13.0 Å². The smallest absolute Gasteiger partial charge is 0.264 e. The lowest BCUT2D eigenvalue weighted by atomic mass is 10.1. The topological polar surface area (TPSA) is 96.0 Å². The fourth-order valence-corrected chi connectivity index (χ4v) is 5.34. The van der Waals surface area contributed by atoms with Crippen LogP contribution in [0.15, 0.2) is 83.8 Å². The summed E-state index contributed by atoms with van der Waals surface area (Å²) in [4.78, 5) is 28.1. The van der Waals surface area contributed by atoms with E-state index in [1.54, 1.807) is 62.6 Å². The molecule has 1 atom stereocenters. The lowest BCUT2D eigenvalue weighted by molar-refractivity contribution is -0.139. The van der Waals surface area contributed by atoms with Crippen LogP contribution >= 0.6 is 11.6 Å². The Kier molecular flexibility index (Phi) is 10.2. The number of nitrogens with one attached hydrogen (secondary N) is 1. The van der Waals surface area contributed by atoms with Gasteiger partial charge in [0, 0.05) is 18.1 Å². The van der Waals surface area contributed by atoms with Crippen LogP contribution in [-0.2, 0) is 26.2 Å². The van der Waals surface area contributed by atoms with Crippen LogP contribution < -0.4 is 14.4 Å². The van der Waals surface area contributed by atoms with Crippen LogP contribution in [0.25, 0.3) is 0 Å². The first kappa shape index (κ1) is 29.0. The molecule has 0 aliphatic heterocycles. The van der Waals surface area contributed by atoms with Gasteiger partial charge in [-0.25, -0.2) is 8.42 Å². The Hall–Kier alpha value is -3.56. The van der Waals surface area contributed by atoms with Gasteiger partial charge in [-0.1, -0.05) is 48.9 Å². The molecule has 0 heterocycles. The van der Waals surface area contributed by atoms with E-state index in [0.29, 0.717) is 23.0 Å². The van der Waals surface area contributed by atoms with Crippen LogP contribution in [0.3, 0.4) is 0 Å². The molecule has 0 spiro atoms. The van der Waals surface area contributed by atoms with Gasteiger partial charge in [0.15, 0.2) is 0 Å². The zero-order chi connectivity index (χ0) is 27.7. The van der Waals surface area contributed by atoms with E-state index >= 15 is 0 Å². The molecule has 0 unspecified atom stereocenters. The Bertz CT molecular complexity index is 1330. The zero-order valence-corrected chi connectivity index (χ0v) is 23.2. The molecule has 3 aromatic rings. The number of anilines is 1. The van der Waals surface area contributed by atoms with E-state index in [4.69, 9.17) is 16.3 Å². The van der Waals surface area contributed by atoms with E-state index < -0.39 is 28.5 Å². The normalized spacial score (nSPS) is 11.9. The van der Waals surface area contributed by atoms with Gasteiger partial charge >= 0.3 is 0 Å². The van der Waals surface area contributed by atoms with E-state index in [-0.39, 0.29) is 17.3 Å². The van der Waals surface area contributed by atoms with Gasteiger partial charge in [-0.15, -0.1) is 0 Å². The van der Waals surface area contributed by atoms with Crippen LogP contribution in [-0.4, -0.2) is 51.4 Å². The number of hydrogen-bond acceptors (Lipinski definition) is 5. The quantitative estimate of drug-likeness (QED) is 0.354. The molecule has 1 N–H and O–H groups in total. The fourth-order valence-electron chi connectivity index (χ4n) is 3.80. The number of carbonyl (C=O) groups excluding carboxylic acids is 2. The number of carbonyl (C=O) groups is 2. The summed E-state index contributed by atoms with van der Waals surface area (Å²) < 4.78 is 33.8. The Morgan fingerprint density at radius 2 is 1.68 bits per heavy atom. The minimum absolute atomic E-state index is 0.00774. The Morgan fingerprint density at radius 1 is 1.00 bits per heavy atom. The highest BCUT2D eigenvalue weighted by Crippen LogP contribution is 2.25. The van der Waals surface area contributed by atoms with Crippen LogP contribution in [0.1, 0.15) is 25.8 Å². The third-order valence-electron chi connectivity index (χ3n) is 5.93. The Balaban J connectivity index is 1.99. The third-order valence-corrected chi connectivity index (χ3v) is 7.97. The molecular weight excluding hydrogens is 526 g/mol. The maximum Gasteiger partial charge on any atom is 0.264 e. The largest absolute Gasteiger partial charge is 0.497 e. The number of para-hydroxylation sites is 1. The van der Waals surface area contributed by atoms with Crippen LogP contribution in [0.4, 0.5) is 5.69 Å². The second-order valence-electron chi connectivity index (χ2n) is 8.64. The van der Waals surface area contributed by atoms with Gasteiger partial charge in [-0.3, -0.25) is 13.9 Å². The maximum atomic E-state index is 13.8. The van der Waals surface area contributed by atoms with Crippen molar-refractivity contribution in [2.45, 2.75) is 37.8 Å². The van der Waals surface area contributed by atoms with E-state index in [2.05, 4.69) is 5.32 Å². The summed E-state index contributed by atoms with van der Waals surface area (Å²) in [6.07, 6.45) is 0.739. The number of sulfonamides is 1. The SMILES string of the molecule is CCCNC(=O)[C@H](C)N(Cc1cccc(OC)c1)C(=O)CN(c1ccccc1)S(=O)(=O)c1ccc(Cl)cc1. The number of benzene rings is 3. The predicted octanol–water partition coefficient (Wildman–Crippen LogP) is 4.49. The van der Waals surface area contributed by atoms with Gasteiger partial charge in [0.25, 0.3) is 10.0 Å². The molecule has 0 aromatic heterocycles. The van der Waals surface area contributed by atoms with Crippen molar-refractivity contribution < 1.29 is 22.7 Å². The van der Waals surface area contributed by atoms with Crippen LogP contribution in [0, 0.1) is 0 Å². The average Bonchev–Trinajstić information content (AvgIpc) is 2.93. The van der Waals surface area contributed by atoms with Crippen molar-refractivity contribution in [3.8, 4) is 5.75 Å². The van der Waals surface area contributed by atoms with Gasteiger partial charge in [0.1, 0.15) is 18.3 Å². The first-order valence-corrected chi connectivity index (χ1v) is 14.0. The number of rotatable bonds is 12. The minimum Gasteiger partial charge on any atom is -0.497 e. The van der Waals surface area contributed by atoms with E-state index in [0.717, 1.165) is 16.3 Å². The maximum absolute atomic E-state index is 13.8. The molecule has 0 fully saturated rings. The summed E-state index contributed by atoms with van der Waals surface area (Å²) in [5, 5.41) is 3.21. The van der Waals surface area contributed by atoms with Crippen LogP contribution in [0.2, 0.25) is 5.02 Å². The molecule has 0 saturated carbocycles. The number of halogens is 1. The molecule has 202 valence electrons. The van der Waals surface area contributed by atoms with Crippen molar-refractivity contribution in [2.24, 2.45) is 0 Å². The van der Waals surface area contributed by atoms with Crippen molar-refractivity contribution in [3.63, 3.8) is 0 Å². The molecule has 3 aromatic carbocycles. The second-order valence-corrected chi connectivity index (χ2v) is 10.9. The van der Waals surface area contributed by atoms with E-state index in [9.17, 15) is 18.0 Å². The monoisotopic (exact) mass is 557 g/mol. The highest BCUT2D eigenvalue weighted by Gasteiger charge is 2.32. The number of nitrogens with zero attached hydrogens (tertiary/aromatic N) is 2. The summed E-state index contributed by atoms with van der Waals surface area (Å²) in [5.41, 5.74) is 1.06. The summed E-state index contributed by atoms with van der Waals surface area (Å²) in [6.45, 7) is 3.60. The first-order chi connectivity index (χ1) is 18.2. The Labute approximate surface area is 229 Å². The minimum atomic E-state index is -4.14. The average molecular weight is 558 g/mol. The molecule has 38 heavy (non-hydrogen) atoms. The van der Waals surface area contributed by atoms with E-state index in [1.165, 1.54) is 29.2 Å². The van der Waals surface area contributed by atoms with Crippen LogP contribution in [0.5, 0.6) is 5.75 Å². The first-order valence-electron chi connectivity index (χ1n) is 12.2. The number of ether oxygens (including phenoxy) is 1. The highest BCUT2D eigenvalue weighted by atomic mass is 35.5. The fraction of sp³-hybridized carbons (Fsp3) is 0.286. The summed E-state index contributed by atoms with van der Waals surface area (Å²) in [6, 6.07) is 20.4. The summed E-state index contributed by atoms with van der Waals surface area (Å²) >= 11 is 5.97. The standard InChI is InChI=1S/C28H32ClN3O5S/c1-4-17-30-28(34)21(2)31(19-22-9-8-12-25(18-22)37-3)27(33)20-32(24-10-6-5-7-11-24)38(35,36)26-15-13-23(29)14-16-26/h5-16,18,21H,4,17,19-20H2,1-3H3,(H,30,34)/t21-/m0/s1. The summed E-state index contributed by atoms with van der Waals surface area (Å²) in [5.74, 6) is -0.252. The third kappa shape index (κ3) is 7.26. The van der Waals surface area contributed by atoms with Gasteiger partial charge in [-0.2, -0.15) is 0 Å². The van der Waals surface area contributed by atoms with Crippen molar-refractivity contribution in [2.75, 3.05) is 24.5 Å². The molecule has 10 heteroatoms. The molecule has 0 saturated heterocycles. The van der Waals surface area contributed by atoms with Crippen molar-refractivity contribution in [1.82, 2.24) is 10.2 Å². The van der Waals surface area contributed by atoms with Gasteiger partial charge in [0.05, 0.1) is 17.7 Å². The van der Waals surface area contributed by atoms with Gasteiger partial charge in [-0.05, 0) is 67.4 Å². The number of amides is 2. The van der Waals surface area contributed by atoms with Gasteiger partial charge < -0.3 is 15.0 Å². The molecule has 0 aliphatic carbocycles. The molecule has 0 radical (unpaired) electrons. The number of hydrogen-bond donors (Lipinski definition) is 1. The lowest BCUT2D eigenvalue weighted by Crippen LogP contribution is -2.51. The lowest BCUT2D eigenvalue weighted by Gasteiger charge is -2.32. The van der Waals surface area contributed by atoms with Crippen molar-refractivity contribution >= 4 is 39.1 Å². The predicted molar refractivity (Wildman–Crippen MR) is 149 cm³/mol. The van der Waals surface area contributed by atoms with Gasteiger partial charge in [0.2, 0.25) is 11.8 Å². The molecular formula is C28H32ClN3O5S. The zero-order valence-electron chi connectivity index (χ0n) is 21.6. The molecule has 0 bridgehead atoms. The number of methoxy groups -OCH3 is 1.